The Morgan fingerprint density at radius 2 is 2.38 bits per heavy atom. The first kappa shape index (κ1) is 10.2. The molecule has 1 aromatic heterocycles. The van der Waals surface area contributed by atoms with Crippen LogP contribution in [0.3, 0.4) is 0 Å². The number of carbonyl (C=O) groups is 1. The van der Waals surface area contributed by atoms with Gasteiger partial charge >= 0.3 is 0 Å². The quantitative estimate of drug-likeness (QED) is 0.669. The van der Waals surface area contributed by atoms with Gasteiger partial charge in [-0.05, 0) is 47.7 Å². The molecular weight excluding hydrogens is 279 g/mol. The van der Waals surface area contributed by atoms with E-state index in [4.69, 9.17) is 0 Å². The molecule has 4 heteroatoms. The molecule has 1 amide bonds. The van der Waals surface area contributed by atoms with Crippen LogP contribution in [-0.2, 0) is 4.79 Å². The van der Waals surface area contributed by atoms with E-state index < -0.39 is 0 Å². The van der Waals surface area contributed by atoms with Crippen LogP contribution in [0.15, 0.2) is 30.5 Å². The first-order valence-electron chi connectivity index (χ1n) is 3.77. The minimum atomic E-state index is -0.156. The first-order valence-corrected chi connectivity index (χ1v) is 4.85. The lowest BCUT2D eigenvalue weighted by molar-refractivity contribution is -0.111. The fraction of sp³-hybridized carbons (Fsp3) is 0.111. The Kier molecular flexibility index (Phi) is 3.88. The van der Waals surface area contributed by atoms with E-state index >= 15 is 0 Å². The van der Waals surface area contributed by atoms with E-state index in [0.29, 0.717) is 5.82 Å². The molecule has 0 atom stereocenters. The third kappa shape index (κ3) is 3.54. The van der Waals surface area contributed by atoms with Crippen LogP contribution in [0.25, 0.3) is 0 Å². The highest BCUT2D eigenvalue weighted by molar-refractivity contribution is 14.1. The number of aromatic nitrogens is 1. The summed E-state index contributed by atoms with van der Waals surface area (Å²) < 4.78 is 1.04. The monoisotopic (exact) mass is 288 g/mol. The summed E-state index contributed by atoms with van der Waals surface area (Å²) >= 11 is 2.16. The van der Waals surface area contributed by atoms with Gasteiger partial charge in [0.1, 0.15) is 5.82 Å². The van der Waals surface area contributed by atoms with Crippen LogP contribution in [0.4, 0.5) is 5.82 Å². The van der Waals surface area contributed by atoms with Gasteiger partial charge in [-0.1, -0.05) is 6.08 Å². The molecule has 0 aromatic carbocycles. The van der Waals surface area contributed by atoms with Crippen molar-refractivity contribution in [2.45, 2.75) is 6.92 Å². The predicted molar refractivity (Wildman–Crippen MR) is 60.4 cm³/mol. The number of hydrogen-bond donors (Lipinski definition) is 1. The lowest BCUT2D eigenvalue weighted by Gasteiger charge is -1.99. The summed E-state index contributed by atoms with van der Waals surface area (Å²) in [5.41, 5.74) is 0. The molecule has 0 aliphatic carbocycles. The number of rotatable bonds is 2. The van der Waals surface area contributed by atoms with Crippen LogP contribution in [0.1, 0.15) is 6.92 Å². The van der Waals surface area contributed by atoms with E-state index in [-0.39, 0.29) is 5.91 Å². The summed E-state index contributed by atoms with van der Waals surface area (Å²) in [7, 11) is 0. The fourth-order valence-electron chi connectivity index (χ4n) is 0.769. The third-order valence-electron chi connectivity index (χ3n) is 1.30. The molecule has 1 N–H and O–H groups in total. The number of halogens is 1. The van der Waals surface area contributed by atoms with Gasteiger partial charge in [0.15, 0.2) is 0 Å². The molecule has 1 rings (SSSR count). The van der Waals surface area contributed by atoms with Gasteiger partial charge < -0.3 is 5.32 Å². The molecule has 0 aliphatic rings. The molecule has 0 saturated carbocycles. The largest absolute Gasteiger partial charge is 0.307 e. The molecule has 68 valence electrons. The Morgan fingerprint density at radius 3 is 2.92 bits per heavy atom. The SMILES string of the molecule is C/C=C/C(=O)Nc1ccc(I)cn1. The van der Waals surface area contributed by atoms with Gasteiger partial charge in [-0.25, -0.2) is 4.98 Å². The number of carbonyl (C=O) groups excluding carboxylic acids is 1. The molecule has 3 nitrogen and oxygen atoms in total. The van der Waals surface area contributed by atoms with E-state index in [9.17, 15) is 4.79 Å². The number of nitrogens with one attached hydrogen (secondary N) is 1. The number of amides is 1. The van der Waals surface area contributed by atoms with Crippen molar-refractivity contribution in [3.05, 3.63) is 34.1 Å². The molecule has 0 unspecified atom stereocenters. The fourth-order valence-corrected chi connectivity index (χ4v) is 1.09. The maximum Gasteiger partial charge on any atom is 0.249 e. The van der Waals surface area contributed by atoms with Crippen LogP contribution in [0.5, 0.6) is 0 Å². The molecule has 0 bridgehead atoms. The molecule has 0 aliphatic heterocycles. The average molecular weight is 288 g/mol. The molecule has 1 aromatic rings. The number of nitrogens with zero attached hydrogens (tertiary/aromatic N) is 1. The van der Waals surface area contributed by atoms with Crippen molar-refractivity contribution in [1.82, 2.24) is 4.98 Å². The number of allylic oxidation sites excluding steroid dienone is 1. The van der Waals surface area contributed by atoms with Crippen LogP contribution in [0.2, 0.25) is 0 Å². The van der Waals surface area contributed by atoms with E-state index in [0.717, 1.165) is 3.57 Å². The van der Waals surface area contributed by atoms with Gasteiger partial charge in [-0.15, -0.1) is 0 Å². The zero-order chi connectivity index (χ0) is 9.68. The van der Waals surface area contributed by atoms with E-state index in [1.165, 1.54) is 6.08 Å². The molecule has 0 fully saturated rings. The van der Waals surface area contributed by atoms with Gasteiger partial charge in [-0.2, -0.15) is 0 Å². The van der Waals surface area contributed by atoms with Crippen LogP contribution < -0.4 is 5.32 Å². The standard InChI is InChI=1S/C9H9IN2O/c1-2-3-9(13)12-8-5-4-7(10)6-11-8/h2-6H,1H3,(H,11,12,13)/b3-2+. The minimum Gasteiger partial charge on any atom is -0.307 e. The van der Waals surface area contributed by atoms with Crippen molar-refractivity contribution >= 4 is 34.3 Å². The van der Waals surface area contributed by atoms with Gasteiger partial charge in [0, 0.05) is 9.77 Å². The Balaban J connectivity index is 2.64. The molecule has 1 heterocycles. The Labute approximate surface area is 90.4 Å². The highest BCUT2D eigenvalue weighted by Crippen LogP contribution is 2.06. The molecule has 0 radical (unpaired) electrons. The topological polar surface area (TPSA) is 42.0 Å². The van der Waals surface area contributed by atoms with Crippen LogP contribution in [0, 0.1) is 3.57 Å². The van der Waals surface area contributed by atoms with Gasteiger partial charge in [-0.3, -0.25) is 4.79 Å². The van der Waals surface area contributed by atoms with Crippen molar-refractivity contribution in [1.29, 1.82) is 0 Å². The predicted octanol–water partition coefficient (Wildman–Crippen LogP) is 2.20. The van der Waals surface area contributed by atoms with Gasteiger partial charge in [0.2, 0.25) is 5.91 Å². The molecule has 0 spiro atoms. The lowest BCUT2D eigenvalue weighted by Crippen LogP contribution is -2.08. The van der Waals surface area contributed by atoms with Crippen LogP contribution >= 0.6 is 22.6 Å². The number of pyridine rings is 1. The number of anilines is 1. The summed E-state index contributed by atoms with van der Waals surface area (Å²) in [4.78, 5) is 15.1. The van der Waals surface area contributed by atoms with Crippen molar-refractivity contribution < 1.29 is 4.79 Å². The van der Waals surface area contributed by atoms with E-state index in [1.54, 1.807) is 25.3 Å². The zero-order valence-corrected chi connectivity index (χ0v) is 9.28. The summed E-state index contributed by atoms with van der Waals surface area (Å²) in [6.45, 7) is 1.79. The van der Waals surface area contributed by atoms with E-state index in [2.05, 4.69) is 32.9 Å². The third-order valence-corrected chi connectivity index (χ3v) is 1.93. The molecular formula is C9H9IN2O. The summed E-state index contributed by atoms with van der Waals surface area (Å²) in [6.07, 6.45) is 4.84. The molecule has 0 saturated heterocycles. The first-order chi connectivity index (χ1) is 6.22. The second-order valence-corrected chi connectivity index (χ2v) is 3.60. The average Bonchev–Trinajstić information content (AvgIpc) is 2.09. The van der Waals surface area contributed by atoms with Crippen molar-refractivity contribution in [3.63, 3.8) is 0 Å². The second kappa shape index (κ2) is 4.96. The highest BCUT2D eigenvalue weighted by Gasteiger charge is 1.97. The Bertz CT molecular complexity index is 319. The lowest BCUT2D eigenvalue weighted by atomic mass is 10.4. The van der Waals surface area contributed by atoms with Gasteiger partial charge in [0.05, 0.1) is 0 Å². The van der Waals surface area contributed by atoms with E-state index in [1.807, 2.05) is 6.07 Å². The Hall–Kier alpha value is -0.910. The van der Waals surface area contributed by atoms with Crippen LogP contribution in [-0.4, -0.2) is 10.9 Å². The second-order valence-electron chi connectivity index (χ2n) is 2.35. The maximum absolute atomic E-state index is 11.1. The summed E-state index contributed by atoms with van der Waals surface area (Å²) in [5.74, 6) is 0.416. The van der Waals surface area contributed by atoms with Crippen molar-refractivity contribution in [2.24, 2.45) is 0 Å². The smallest absolute Gasteiger partial charge is 0.249 e. The Morgan fingerprint density at radius 1 is 1.62 bits per heavy atom. The zero-order valence-electron chi connectivity index (χ0n) is 7.12. The number of hydrogen-bond acceptors (Lipinski definition) is 2. The van der Waals surface area contributed by atoms with Gasteiger partial charge in [0.25, 0.3) is 0 Å². The summed E-state index contributed by atoms with van der Waals surface area (Å²) in [6, 6.07) is 3.65. The normalized spacial score (nSPS) is 10.3. The summed E-state index contributed by atoms with van der Waals surface area (Å²) in [5, 5.41) is 2.63. The molecule has 13 heavy (non-hydrogen) atoms. The van der Waals surface area contributed by atoms with Crippen molar-refractivity contribution in [2.75, 3.05) is 5.32 Å². The minimum absolute atomic E-state index is 0.156. The van der Waals surface area contributed by atoms with Crippen molar-refractivity contribution in [3.8, 4) is 0 Å². The highest BCUT2D eigenvalue weighted by atomic mass is 127. The maximum atomic E-state index is 11.1.